The lowest BCUT2D eigenvalue weighted by molar-refractivity contribution is 0.115. The molecule has 0 aromatic heterocycles. The Kier molecular flexibility index (Phi) is 4.70. The fraction of sp³-hybridized carbons (Fsp3) is 0.294. The number of hydrogen-bond acceptors (Lipinski definition) is 2. The number of hydrogen-bond donors (Lipinski definition) is 2. The minimum atomic E-state index is -1.04. The third-order valence-corrected chi connectivity index (χ3v) is 3.88. The lowest BCUT2D eigenvalue weighted by Crippen LogP contribution is -2.38. The van der Waals surface area contributed by atoms with Crippen molar-refractivity contribution in [3.63, 3.8) is 0 Å². The van der Waals surface area contributed by atoms with Gasteiger partial charge < -0.3 is 10.2 Å². The first-order chi connectivity index (χ1) is 10.0. The summed E-state index contributed by atoms with van der Waals surface area (Å²) in [6.07, 6.45) is 0.0223. The predicted molar refractivity (Wildman–Crippen MR) is 77.1 cm³/mol. The number of aliphatic hydroxyl groups is 2. The minimum Gasteiger partial charge on any atom is -0.395 e. The molecule has 0 aliphatic heterocycles. The van der Waals surface area contributed by atoms with E-state index in [9.17, 15) is 19.0 Å². The molecule has 2 aromatic carbocycles. The van der Waals surface area contributed by atoms with Crippen LogP contribution in [-0.4, -0.2) is 23.4 Å². The monoisotopic (exact) mass is 292 g/mol. The number of benzene rings is 2. The van der Waals surface area contributed by atoms with E-state index in [0.717, 1.165) is 17.2 Å². The molecule has 0 bridgehead atoms. The van der Waals surface area contributed by atoms with Crippen molar-refractivity contribution in [1.82, 2.24) is 0 Å². The van der Waals surface area contributed by atoms with Gasteiger partial charge in [-0.2, -0.15) is 0 Å². The van der Waals surface area contributed by atoms with Crippen molar-refractivity contribution < 1.29 is 19.0 Å². The molecule has 0 amide bonds. The van der Waals surface area contributed by atoms with Crippen molar-refractivity contribution in [3.8, 4) is 0 Å². The zero-order valence-corrected chi connectivity index (χ0v) is 11.8. The van der Waals surface area contributed by atoms with Crippen LogP contribution in [-0.2, 0) is 11.8 Å². The molecular formula is C17H18F2O2. The zero-order chi connectivity index (χ0) is 15.5. The Morgan fingerprint density at radius 3 is 2.24 bits per heavy atom. The van der Waals surface area contributed by atoms with Gasteiger partial charge in [-0.05, 0) is 36.1 Å². The van der Waals surface area contributed by atoms with Crippen LogP contribution in [0, 0.1) is 18.6 Å². The smallest absolute Gasteiger partial charge is 0.162 e. The van der Waals surface area contributed by atoms with Gasteiger partial charge in [0, 0.05) is 5.41 Å². The second-order valence-corrected chi connectivity index (χ2v) is 5.30. The summed E-state index contributed by atoms with van der Waals surface area (Å²) in [4.78, 5) is 0. The maximum Gasteiger partial charge on any atom is 0.162 e. The average Bonchev–Trinajstić information content (AvgIpc) is 2.50. The van der Waals surface area contributed by atoms with Crippen molar-refractivity contribution in [2.75, 3.05) is 13.2 Å². The van der Waals surface area contributed by atoms with Crippen LogP contribution in [0.4, 0.5) is 8.78 Å². The molecule has 2 N–H and O–H groups in total. The van der Waals surface area contributed by atoms with Gasteiger partial charge in [0.2, 0.25) is 0 Å². The first-order valence-corrected chi connectivity index (χ1v) is 6.75. The highest BCUT2D eigenvalue weighted by Gasteiger charge is 2.33. The van der Waals surface area contributed by atoms with Gasteiger partial charge in [0.1, 0.15) is 0 Å². The van der Waals surface area contributed by atoms with Crippen molar-refractivity contribution >= 4 is 0 Å². The molecule has 0 saturated carbocycles. The van der Waals surface area contributed by atoms with Gasteiger partial charge in [0.25, 0.3) is 0 Å². The van der Waals surface area contributed by atoms with Gasteiger partial charge in [-0.15, -0.1) is 0 Å². The SMILES string of the molecule is Cc1ccccc1C(CO)(CO)Cc1cccc(F)c1F. The second-order valence-electron chi connectivity index (χ2n) is 5.30. The largest absolute Gasteiger partial charge is 0.395 e. The molecule has 2 rings (SSSR count). The fourth-order valence-corrected chi connectivity index (χ4v) is 2.64. The summed E-state index contributed by atoms with van der Waals surface area (Å²) >= 11 is 0. The van der Waals surface area contributed by atoms with Crippen molar-refractivity contribution in [2.24, 2.45) is 0 Å². The van der Waals surface area contributed by atoms with Crippen molar-refractivity contribution in [3.05, 3.63) is 70.8 Å². The molecule has 0 aliphatic carbocycles. The molecule has 4 heteroatoms. The number of aliphatic hydroxyl groups excluding tert-OH is 2. The van der Waals surface area contributed by atoms with E-state index in [1.807, 2.05) is 19.1 Å². The Morgan fingerprint density at radius 2 is 1.62 bits per heavy atom. The Hall–Kier alpha value is -1.78. The molecule has 0 unspecified atom stereocenters. The van der Waals surface area contributed by atoms with E-state index in [1.165, 1.54) is 12.1 Å². The van der Waals surface area contributed by atoms with Crippen molar-refractivity contribution in [2.45, 2.75) is 18.8 Å². The summed E-state index contributed by atoms with van der Waals surface area (Å²) in [6, 6.07) is 11.2. The van der Waals surface area contributed by atoms with Gasteiger partial charge in [0.05, 0.1) is 13.2 Å². The van der Waals surface area contributed by atoms with Crippen LogP contribution in [0.15, 0.2) is 42.5 Å². The second kappa shape index (κ2) is 6.33. The van der Waals surface area contributed by atoms with Crippen LogP contribution in [0.2, 0.25) is 0 Å². The molecule has 0 atom stereocenters. The van der Waals surface area contributed by atoms with Gasteiger partial charge >= 0.3 is 0 Å². The Labute approximate surface area is 122 Å². The maximum atomic E-state index is 13.9. The van der Waals surface area contributed by atoms with Crippen LogP contribution in [0.3, 0.4) is 0 Å². The van der Waals surface area contributed by atoms with Crippen LogP contribution in [0.1, 0.15) is 16.7 Å². The summed E-state index contributed by atoms with van der Waals surface area (Å²) in [5.74, 6) is -1.86. The van der Waals surface area contributed by atoms with Gasteiger partial charge in [-0.25, -0.2) is 8.78 Å². The molecule has 0 radical (unpaired) electrons. The predicted octanol–water partition coefficient (Wildman–Crippen LogP) is 2.74. The van der Waals surface area contributed by atoms with E-state index < -0.39 is 17.0 Å². The van der Waals surface area contributed by atoms with Crippen LogP contribution in [0.25, 0.3) is 0 Å². The topological polar surface area (TPSA) is 40.5 Å². The van der Waals surface area contributed by atoms with E-state index in [4.69, 9.17) is 0 Å². The van der Waals surface area contributed by atoms with Gasteiger partial charge in [-0.1, -0.05) is 36.4 Å². The third kappa shape index (κ3) is 2.96. The average molecular weight is 292 g/mol. The van der Waals surface area contributed by atoms with E-state index in [0.29, 0.717) is 0 Å². The highest BCUT2D eigenvalue weighted by atomic mass is 19.2. The quantitative estimate of drug-likeness (QED) is 0.889. The van der Waals surface area contributed by atoms with Gasteiger partial charge in [0.15, 0.2) is 11.6 Å². The number of rotatable bonds is 5. The summed E-state index contributed by atoms with van der Waals surface area (Å²) in [5, 5.41) is 19.6. The first-order valence-electron chi connectivity index (χ1n) is 6.75. The standard InChI is InChI=1S/C17H18F2O2/c1-12-5-2-3-7-14(12)17(10-20,11-21)9-13-6-4-8-15(18)16(13)19/h2-8,20-21H,9-11H2,1H3. The molecule has 0 saturated heterocycles. The van der Waals surface area contributed by atoms with Crippen LogP contribution >= 0.6 is 0 Å². The van der Waals surface area contributed by atoms with E-state index >= 15 is 0 Å². The lowest BCUT2D eigenvalue weighted by Gasteiger charge is -2.32. The number of halogens is 2. The molecule has 2 nitrogen and oxygen atoms in total. The van der Waals surface area contributed by atoms with E-state index in [-0.39, 0.29) is 25.2 Å². The molecule has 0 spiro atoms. The normalized spacial score (nSPS) is 11.7. The number of aryl methyl sites for hydroxylation is 1. The molecule has 2 aromatic rings. The Bertz CT molecular complexity index is 622. The van der Waals surface area contributed by atoms with Gasteiger partial charge in [-0.3, -0.25) is 0 Å². The lowest BCUT2D eigenvalue weighted by atomic mass is 9.75. The summed E-state index contributed by atoms with van der Waals surface area (Å²) < 4.78 is 27.2. The molecule has 0 aliphatic rings. The minimum absolute atomic E-state index is 0.0223. The first kappa shape index (κ1) is 15.6. The van der Waals surface area contributed by atoms with Crippen LogP contribution < -0.4 is 0 Å². The fourth-order valence-electron chi connectivity index (χ4n) is 2.64. The summed E-state index contributed by atoms with van der Waals surface area (Å²) in [5.41, 5.74) is 0.720. The van der Waals surface area contributed by atoms with Crippen LogP contribution in [0.5, 0.6) is 0 Å². The third-order valence-electron chi connectivity index (χ3n) is 3.88. The summed E-state index contributed by atoms with van der Waals surface area (Å²) in [7, 11) is 0. The van der Waals surface area contributed by atoms with Crippen molar-refractivity contribution in [1.29, 1.82) is 0 Å². The highest BCUT2D eigenvalue weighted by molar-refractivity contribution is 5.36. The maximum absolute atomic E-state index is 13.9. The molecule has 112 valence electrons. The molecule has 0 heterocycles. The molecule has 0 fully saturated rings. The highest BCUT2D eigenvalue weighted by Crippen LogP contribution is 2.31. The Morgan fingerprint density at radius 1 is 0.952 bits per heavy atom. The van der Waals surface area contributed by atoms with E-state index in [1.54, 1.807) is 12.1 Å². The molecule has 21 heavy (non-hydrogen) atoms. The van der Waals surface area contributed by atoms with E-state index in [2.05, 4.69) is 0 Å². The summed E-state index contributed by atoms with van der Waals surface area (Å²) in [6.45, 7) is 1.14. The zero-order valence-electron chi connectivity index (χ0n) is 11.8. The Balaban J connectivity index is 2.49. The molecular weight excluding hydrogens is 274 g/mol.